The molecule has 1 aromatic carbocycles. The van der Waals surface area contributed by atoms with Crippen molar-refractivity contribution in [2.45, 2.75) is 51.2 Å². The molecule has 1 saturated carbocycles. The van der Waals surface area contributed by atoms with Gasteiger partial charge in [0.25, 0.3) is 0 Å². The van der Waals surface area contributed by atoms with E-state index >= 15 is 0 Å². The van der Waals surface area contributed by atoms with Crippen LogP contribution in [0.25, 0.3) is 0 Å². The number of aliphatic hydroxyl groups is 1. The molecule has 2 aliphatic rings. The fourth-order valence-corrected chi connectivity index (χ4v) is 3.13. The molecule has 2 atom stereocenters. The van der Waals surface area contributed by atoms with Crippen LogP contribution in [0.3, 0.4) is 0 Å². The summed E-state index contributed by atoms with van der Waals surface area (Å²) in [6.45, 7) is 2.93. The smallest absolute Gasteiger partial charge is 0.321 e. The number of benzene rings is 1. The molecule has 0 aromatic heterocycles. The molecule has 0 spiro atoms. The van der Waals surface area contributed by atoms with E-state index in [1.807, 2.05) is 0 Å². The van der Waals surface area contributed by atoms with Crippen molar-refractivity contribution < 1.29 is 19.0 Å². The third kappa shape index (κ3) is 3.98. The van der Waals surface area contributed by atoms with Crippen LogP contribution < -0.4 is 10.1 Å². The summed E-state index contributed by atoms with van der Waals surface area (Å²) >= 11 is 0. The molecule has 0 bridgehead atoms. The zero-order valence-corrected chi connectivity index (χ0v) is 14.0. The molecule has 0 radical (unpaired) electrons. The highest BCUT2D eigenvalue weighted by Crippen LogP contribution is 2.28. The summed E-state index contributed by atoms with van der Waals surface area (Å²) in [4.78, 5) is 14.0. The minimum atomic E-state index is -0.458. The number of nitrogens with zero attached hydrogens (tertiary/aromatic N) is 1. The van der Waals surface area contributed by atoms with E-state index in [1.165, 1.54) is 6.07 Å². The lowest BCUT2D eigenvalue weighted by Gasteiger charge is -2.34. The van der Waals surface area contributed by atoms with Gasteiger partial charge in [-0.1, -0.05) is 0 Å². The van der Waals surface area contributed by atoms with Gasteiger partial charge in [0.15, 0.2) is 11.6 Å². The molecule has 6 heteroatoms. The Balaban J connectivity index is 1.58. The average molecular weight is 336 g/mol. The fraction of sp³-hybridized carbons (Fsp3) is 0.611. The number of carbonyl (C=O) groups is 1. The Morgan fingerprint density at radius 3 is 2.79 bits per heavy atom. The highest BCUT2D eigenvalue weighted by Gasteiger charge is 2.26. The molecular weight excluding hydrogens is 311 g/mol. The number of aliphatic hydroxyl groups excluding tert-OH is 1. The minimum Gasteiger partial charge on any atom is -0.487 e. The van der Waals surface area contributed by atoms with Crippen molar-refractivity contribution in [1.82, 2.24) is 4.90 Å². The van der Waals surface area contributed by atoms with Crippen LogP contribution in [0.1, 0.15) is 39.0 Å². The summed E-state index contributed by atoms with van der Waals surface area (Å²) in [5.41, 5.74) is 0.414. The number of carbonyl (C=O) groups excluding carboxylic acids is 1. The van der Waals surface area contributed by atoms with Crippen LogP contribution in [0.2, 0.25) is 0 Å². The third-order valence-corrected chi connectivity index (χ3v) is 4.96. The second kappa shape index (κ2) is 7.38. The number of rotatable bonds is 4. The predicted octanol–water partition coefficient (Wildman–Crippen LogP) is 3.38. The van der Waals surface area contributed by atoms with Gasteiger partial charge in [-0.3, -0.25) is 0 Å². The Morgan fingerprint density at radius 2 is 2.17 bits per heavy atom. The number of urea groups is 1. The number of halogens is 1. The van der Waals surface area contributed by atoms with Crippen LogP contribution in [0.15, 0.2) is 18.2 Å². The van der Waals surface area contributed by atoms with Crippen LogP contribution in [0.5, 0.6) is 5.75 Å². The summed E-state index contributed by atoms with van der Waals surface area (Å²) in [5.74, 6) is -0.121. The topological polar surface area (TPSA) is 61.8 Å². The van der Waals surface area contributed by atoms with Crippen molar-refractivity contribution in [2.24, 2.45) is 5.92 Å². The molecule has 2 fully saturated rings. The molecule has 1 aromatic rings. The maximum atomic E-state index is 14.1. The van der Waals surface area contributed by atoms with Gasteiger partial charge in [-0.2, -0.15) is 0 Å². The number of nitrogens with one attached hydrogen (secondary N) is 1. The molecule has 1 heterocycles. The van der Waals surface area contributed by atoms with E-state index in [1.54, 1.807) is 24.0 Å². The third-order valence-electron chi connectivity index (χ3n) is 4.96. The second-order valence-electron chi connectivity index (χ2n) is 6.84. The highest BCUT2D eigenvalue weighted by molar-refractivity contribution is 5.89. The van der Waals surface area contributed by atoms with E-state index in [0.29, 0.717) is 18.8 Å². The van der Waals surface area contributed by atoms with E-state index in [-0.39, 0.29) is 23.8 Å². The largest absolute Gasteiger partial charge is 0.487 e. The lowest BCUT2D eigenvalue weighted by atomic mass is 9.94. The van der Waals surface area contributed by atoms with Crippen molar-refractivity contribution in [3.63, 3.8) is 0 Å². The number of piperidine rings is 1. The van der Waals surface area contributed by atoms with E-state index in [9.17, 15) is 14.3 Å². The van der Waals surface area contributed by atoms with Crippen LogP contribution in [-0.4, -0.2) is 41.3 Å². The number of ether oxygens (including phenoxy) is 1. The lowest BCUT2D eigenvalue weighted by molar-refractivity contribution is 0.0766. The minimum absolute atomic E-state index is 0.0967. The maximum Gasteiger partial charge on any atom is 0.321 e. The van der Waals surface area contributed by atoms with Crippen molar-refractivity contribution in [3.8, 4) is 5.75 Å². The van der Waals surface area contributed by atoms with Crippen molar-refractivity contribution in [1.29, 1.82) is 0 Å². The highest BCUT2D eigenvalue weighted by atomic mass is 19.1. The molecule has 1 saturated heterocycles. The van der Waals surface area contributed by atoms with Crippen molar-refractivity contribution in [3.05, 3.63) is 24.0 Å². The van der Waals surface area contributed by atoms with Gasteiger partial charge < -0.3 is 20.1 Å². The molecule has 2 N–H and O–H groups in total. The quantitative estimate of drug-likeness (QED) is 0.886. The predicted molar refractivity (Wildman–Crippen MR) is 89.7 cm³/mol. The zero-order chi connectivity index (χ0) is 17.1. The monoisotopic (exact) mass is 336 g/mol. The molecule has 24 heavy (non-hydrogen) atoms. The summed E-state index contributed by atoms with van der Waals surface area (Å²) < 4.78 is 19.7. The standard InChI is InChI=1S/C18H25FN2O3/c1-12(22)13-4-3-9-21(11-13)18(23)20-14-7-8-17(16(19)10-14)24-15-5-2-6-15/h7-8,10,12-13,15,22H,2-6,9,11H2,1H3,(H,20,23). The number of hydrogen-bond donors (Lipinski definition) is 2. The molecule has 3 rings (SSSR count). The number of hydrogen-bond acceptors (Lipinski definition) is 3. The maximum absolute atomic E-state index is 14.1. The van der Waals surface area contributed by atoms with Crippen LogP contribution >= 0.6 is 0 Å². The summed E-state index contributed by atoms with van der Waals surface area (Å²) in [7, 11) is 0. The fourth-order valence-electron chi connectivity index (χ4n) is 3.13. The Morgan fingerprint density at radius 1 is 1.38 bits per heavy atom. The van der Waals surface area contributed by atoms with E-state index in [2.05, 4.69) is 5.32 Å². The molecule has 1 aliphatic carbocycles. The van der Waals surface area contributed by atoms with Gasteiger partial charge in [0.2, 0.25) is 0 Å². The van der Waals surface area contributed by atoms with Gasteiger partial charge in [-0.15, -0.1) is 0 Å². The van der Waals surface area contributed by atoms with Gasteiger partial charge in [-0.05, 0) is 51.2 Å². The van der Waals surface area contributed by atoms with Gasteiger partial charge in [0.1, 0.15) is 0 Å². The van der Waals surface area contributed by atoms with Crippen LogP contribution in [0, 0.1) is 11.7 Å². The molecule has 1 aliphatic heterocycles. The number of likely N-dealkylation sites (tertiary alicyclic amines) is 1. The first-order valence-electron chi connectivity index (χ1n) is 8.73. The lowest BCUT2D eigenvalue weighted by Crippen LogP contribution is -2.44. The SMILES string of the molecule is CC(O)C1CCCN(C(=O)Nc2ccc(OC3CCC3)c(F)c2)C1. The van der Waals surface area contributed by atoms with E-state index in [0.717, 1.165) is 32.1 Å². The Hall–Kier alpha value is -1.82. The first kappa shape index (κ1) is 17.0. The second-order valence-corrected chi connectivity index (χ2v) is 6.84. The van der Waals surface area contributed by atoms with Crippen molar-refractivity contribution in [2.75, 3.05) is 18.4 Å². The first-order chi connectivity index (χ1) is 11.5. The Kier molecular flexibility index (Phi) is 5.23. The Bertz CT molecular complexity index is 590. The van der Waals surface area contributed by atoms with Gasteiger partial charge in [-0.25, -0.2) is 9.18 Å². The Labute approximate surface area is 141 Å². The number of amides is 2. The van der Waals surface area contributed by atoms with Gasteiger partial charge >= 0.3 is 6.03 Å². The van der Waals surface area contributed by atoms with Crippen LogP contribution in [-0.2, 0) is 0 Å². The van der Waals surface area contributed by atoms with Gasteiger partial charge in [0.05, 0.1) is 12.2 Å². The van der Waals surface area contributed by atoms with Gasteiger partial charge in [0, 0.05) is 30.8 Å². The normalized spacial score (nSPS) is 22.6. The summed E-state index contributed by atoms with van der Waals surface area (Å²) in [6, 6.07) is 4.26. The summed E-state index contributed by atoms with van der Waals surface area (Å²) in [6.07, 6.45) is 4.54. The molecule has 132 valence electrons. The summed E-state index contributed by atoms with van der Waals surface area (Å²) in [5, 5.41) is 12.4. The van der Waals surface area contributed by atoms with Crippen molar-refractivity contribution >= 4 is 11.7 Å². The molecule has 2 unspecified atom stereocenters. The van der Waals surface area contributed by atoms with Crippen LogP contribution in [0.4, 0.5) is 14.9 Å². The average Bonchev–Trinajstić information content (AvgIpc) is 2.52. The molecule has 5 nitrogen and oxygen atoms in total. The molecule has 2 amide bonds. The van der Waals surface area contributed by atoms with E-state index in [4.69, 9.17) is 4.74 Å². The van der Waals surface area contributed by atoms with E-state index < -0.39 is 11.9 Å². The zero-order valence-electron chi connectivity index (χ0n) is 14.0. The first-order valence-corrected chi connectivity index (χ1v) is 8.73. The number of anilines is 1. The molecular formula is C18H25FN2O3.